The van der Waals surface area contributed by atoms with E-state index in [-0.39, 0.29) is 0 Å². The molecule has 0 amide bonds. The normalized spacial score (nSPS) is 13.4. The van der Waals surface area contributed by atoms with Gasteiger partial charge >= 0.3 is 0 Å². The van der Waals surface area contributed by atoms with Crippen molar-refractivity contribution in [1.29, 1.82) is 0 Å². The molecule has 0 radical (unpaired) electrons. The SMILES string of the molecule is CCC(C)c1cnn2cncnc12. The largest absolute Gasteiger partial charge is 0.225 e. The molecule has 0 aromatic carbocycles. The fourth-order valence-corrected chi connectivity index (χ4v) is 1.34. The first-order chi connectivity index (χ1) is 6.33. The molecule has 0 spiro atoms. The third-order valence-corrected chi connectivity index (χ3v) is 2.36. The van der Waals surface area contributed by atoms with Crippen molar-refractivity contribution in [3.63, 3.8) is 0 Å². The molecule has 0 aliphatic carbocycles. The molecule has 0 saturated carbocycles. The number of hydrogen-bond donors (Lipinski definition) is 0. The number of rotatable bonds is 2. The van der Waals surface area contributed by atoms with Crippen LogP contribution < -0.4 is 0 Å². The van der Waals surface area contributed by atoms with E-state index in [1.165, 1.54) is 5.56 Å². The van der Waals surface area contributed by atoms with Gasteiger partial charge in [0.2, 0.25) is 0 Å². The van der Waals surface area contributed by atoms with Crippen LogP contribution in [0.3, 0.4) is 0 Å². The van der Waals surface area contributed by atoms with Gasteiger partial charge in [-0.25, -0.2) is 14.5 Å². The Labute approximate surface area is 76.6 Å². The Bertz CT molecular complexity index is 407. The highest BCUT2D eigenvalue weighted by molar-refractivity contribution is 5.46. The van der Waals surface area contributed by atoms with E-state index in [1.807, 2.05) is 6.20 Å². The summed E-state index contributed by atoms with van der Waals surface area (Å²) in [6, 6.07) is 0. The summed E-state index contributed by atoms with van der Waals surface area (Å²) in [5.74, 6) is 0.507. The fraction of sp³-hybridized carbons (Fsp3) is 0.444. The van der Waals surface area contributed by atoms with E-state index in [1.54, 1.807) is 17.2 Å². The lowest BCUT2D eigenvalue weighted by Crippen LogP contribution is -1.94. The minimum Gasteiger partial charge on any atom is -0.225 e. The maximum Gasteiger partial charge on any atom is 0.161 e. The van der Waals surface area contributed by atoms with Crippen LogP contribution in [0.15, 0.2) is 18.9 Å². The van der Waals surface area contributed by atoms with E-state index < -0.39 is 0 Å². The number of nitrogens with zero attached hydrogens (tertiary/aromatic N) is 4. The van der Waals surface area contributed by atoms with Gasteiger partial charge in [-0.1, -0.05) is 13.8 Å². The van der Waals surface area contributed by atoms with Crippen molar-refractivity contribution in [1.82, 2.24) is 19.6 Å². The van der Waals surface area contributed by atoms with Gasteiger partial charge in [0.15, 0.2) is 5.65 Å². The van der Waals surface area contributed by atoms with E-state index in [2.05, 4.69) is 28.9 Å². The Morgan fingerprint density at radius 3 is 3.15 bits per heavy atom. The highest BCUT2D eigenvalue weighted by Gasteiger charge is 2.10. The van der Waals surface area contributed by atoms with Crippen LogP contribution in [-0.4, -0.2) is 19.6 Å². The first-order valence-corrected chi connectivity index (χ1v) is 4.46. The van der Waals surface area contributed by atoms with Gasteiger partial charge in [-0.05, 0) is 12.3 Å². The minimum absolute atomic E-state index is 0.507. The van der Waals surface area contributed by atoms with Crippen LogP contribution in [-0.2, 0) is 0 Å². The van der Waals surface area contributed by atoms with E-state index >= 15 is 0 Å². The van der Waals surface area contributed by atoms with E-state index in [0.29, 0.717) is 5.92 Å². The second kappa shape index (κ2) is 3.12. The topological polar surface area (TPSA) is 43.1 Å². The molecule has 2 aromatic heterocycles. The van der Waals surface area contributed by atoms with Crippen LogP contribution in [0.5, 0.6) is 0 Å². The van der Waals surface area contributed by atoms with E-state index in [0.717, 1.165) is 12.1 Å². The summed E-state index contributed by atoms with van der Waals surface area (Å²) in [5.41, 5.74) is 2.12. The Balaban J connectivity index is 2.57. The lowest BCUT2D eigenvalue weighted by atomic mass is 10.0. The zero-order chi connectivity index (χ0) is 9.26. The van der Waals surface area contributed by atoms with Crippen molar-refractivity contribution in [3.8, 4) is 0 Å². The predicted octanol–water partition coefficient (Wildman–Crippen LogP) is 1.64. The van der Waals surface area contributed by atoms with Gasteiger partial charge in [-0.15, -0.1) is 0 Å². The average molecular weight is 176 g/mol. The van der Waals surface area contributed by atoms with Crippen LogP contribution in [0.4, 0.5) is 0 Å². The maximum atomic E-state index is 4.20. The van der Waals surface area contributed by atoms with Crippen LogP contribution in [0.25, 0.3) is 5.65 Å². The monoisotopic (exact) mass is 176 g/mol. The quantitative estimate of drug-likeness (QED) is 0.698. The minimum atomic E-state index is 0.507. The molecular formula is C9H12N4. The molecule has 0 saturated heterocycles. The lowest BCUT2D eigenvalue weighted by molar-refractivity contribution is 0.737. The molecule has 0 aliphatic heterocycles. The molecule has 1 atom stereocenters. The molecule has 0 aliphatic rings. The van der Waals surface area contributed by atoms with Gasteiger partial charge in [0.1, 0.15) is 12.7 Å². The summed E-state index contributed by atoms with van der Waals surface area (Å²) in [5, 5.41) is 4.18. The standard InChI is InChI=1S/C9H12N4/c1-3-7(2)8-4-12-13-6-10-5-11-9(8)13/h4-7H,3H2,1-2H3. The maximum absolute atomic E-state index is 4.20. The second-order valence-corrected chi connectivity index (χ2v) is 3.19. The summed E-state index contributed by atoms with van der Waals surface area (Å²) in [6.07, 6.45) is 6.21. The molecule has 0 N–H and O–H groups in total. The smallest absolute Gasteiger partial charge is 0.161 e. The van der Waals surface area contributed by atoms with Crippen molar-refractivity contribution in [3.05, 3.63) is 24.4 Å². The van der Waals surface area contributed by atoms with Gasteiger partial charge in [-0.3, -0.25) is 0 Å². The zero-order valence-electron chi connectivity index (χ0n) is 7.81. The van der Waals surface area contributed by atoms with Crippen molar-refractivity contribution in [2.75, 3.05) is 0 Å². The molecular weight excluding hydrogens is 164 g/mol. The highest BCUT2D eigenvalue weighted by Crippen LogP contribution is 2.20. The van der Waals surface area contributed by atoms with Crippen molar-refractivity contribution < 1.29 is 0 Å². The van der Waals surface area contributed by atoms with E-state index in [9.17, 15) is 0 Å². The van der Waals surface area contributed by atoms with Crippen molar-refractivity contribution >= 4 is 5.65 Å². The fourth-order valence-electron chi connectivity index (χ4n) is 1.34. The number of hydrogen-bond acceptors (Lipinski definition) is 3. The van der Waals surface area contributed by atoms with Crippen LogP contribution in [0, 0.1) is 0 Å². The lowest BCUT2D eigenvalue weighted by Gasteiger charge is -2.04. The Morgan fingerprint density at radius 1 is 1.54 bits per heavy atom. The van der Waals surface area contributed by atoms with Crippen LogP contribution >= 0.6 is 0 Å². The summed E-state index contributed by atoms with van der Waals surface area (Å²) in [7, 11) is 0. The number of fused-ring (bicyclic) bond motifs is 1. The summed E-state index contributed by atoms with van der Waals surface area (Å²) in [6.45, 7) is 4.34. The zero-order valence-corrected chi connectivity index (χ0v) is 7.81. The van der Waals surface area contributed by atoms with Gasteiger partial charge in [-0.2, -0.15) is 5.10 Å². The molecule has 13 heavy (non-hydrogen) atoms. The molecule has 4 heteroatoms. The van der Waals surface area contributed by atoms with Gasteiger partial charge in [0, 0.05) is 5.56 Å². The van der Waals surface area contributed by atoms with Gasteiger partial charge in [0.25, 0.3) is 0 Å². The summed E-state index contributed by atoms with van der Waals surface area (Å²) >= 11 is 0. The highest BCUT2D eigenvalue weighted by atomic mass is 15.3. The Morgan fingerprint density at radius 2 is 2.38 bits per heavy atom. The summed E-state index contributed by atoms with van der Waals surface area (Å²) in [4.78, 5) is 8.10. The molecule has 2 heterocycles. The molecule has 2 rings (SSSR count). The Kier molecular flexibility index (Phi) is 1.96. The van der Waals surface area contributed by atoms with Crippen LogP contribution in [0.2, 0.25) is 0 Å². The van der Waals surface area contributed by atoms with E-state index in [4.69, 9.17) is 0 Å². The predicted molar refractivity (Wildman–Crippen MR) is 49.5 cm³/mol. The van der Waals surface area contributed by atoms with Gasteiger partial charge < -0.3 is 0 Å². The van der Waals surface area contributed by atoms with Crippen molar-refractivity contribution in [2.45, 2.75) is 26.2 Å². The van der Waals surface area contributed by atoms with Crippen LogP contribution in [0.1, 0.15) is 31.7 Å². The molecule has 4 nitrogen and oxygen atoms in total. The average Bonchev–Trinajstić information content (AvgIpc) is 2.60. The van der Waals surface area contributed by atoms with Crippen molar-refractivity contribution in [2.24, 2.45) is 0 Å². The molecule has 1 unspecified atom stereocenters. The molecule has 2 aromatic rings. The van der Waals surface area contributed by atoms with Gasteiger partial charge in [0.05, 0.1) is 6.20 Å². The molecule has 0 bridgehead atoms. The molecule has 0 fully saturated rings. The first kappa shape index (κ1) is 8.16. The third kappa shape index (κ3) is 1.28. The third-order valence-electron chi connectivity index (χ3n) is 2.36. The molecule has 68 valence electrons. The first-order valence-electron chi connectivity index (χ1n) is 4.46. The Hall–Kier alpha value is -1.45. The second-order valence-electron chi connectivity index (χ2n) is 3.19. The number of aromatic nitrogens is 4. The summed E-state index contributed by atoms with van der Waals surface area (Å²) < 4.78 is 1.71.